The number of nitrogens with zero attached hydrogens (tertiary/aromatic N) is 5. The Morgan fingerprint density at radius 1 is 1.11 bits per heavy atom. The van der Waals surface area contributed by atoms with Crippen LogP contribution in [-0.2, 0) is 16.0 Å². The van der Waals surface area contributed by atoms with Gasteiger partial charge in [-0.25, -0.2) is 9.78 Å². The monoisotopic (exact) mass is 480 g/mol. The molecule has 4 heterocycles. The van der Waals surface area contributed by atoms with E-state index in [1.165, 1.54) is 4.90 Å². The summed E-state index contributed by atoms with van der Waals surface area (Å²) < 4.78 is 5.98. The van der Waals surface area contributed by atoms with Crippen LogP contribution in [0, 0.1) is 12.3 Å². The molecule has 186 valence electrons. The highest BCUT2D eigenvalue weighted by Gasteiger charge is 2.41. The Labute approximate surface area is 205 Å². The topological polar surface area (TPSA) is 108 Å². The van der Waals surface area contributed by atoms with E-state index in [9.17, 15) is 14.4 Å². The summed E-state index contributed by atoms with van der Waals surface area (Å²) in [6.07, 6.45) is 2.47. The number of piperazine rings is 1. The van der Waals surface area contributed by atoms with Gasteiger partial charge in [0.25, 0.3) is 0 Å². The summed E-state index contributed by atoms with van der Waals surface area (Å²) in [7, 11) is 2.05. The lowest BCUT2D eigenvalue weighted by atomic mass is 9.92. The molecule has 0 aromatic carbocycles. The van der Waals surface area contributed by atoms with Gasteiger partial charge in [-0.1, -0.05) is 13.8 Å². The second-order valence-electron chi connectivity index (χ2n) is 9.75. The van der Waals surface area contributed by atoms with E-state index in [1.807, 2.05) is 18.7 Å². The van der Waals surface area contributed by atoms with Gasteiger partial charge >= 0.3 is 6.03 Å². The maximum Gasteiger partial charge on any atom is 0.329 e. The summed E-state index contributed by atoms with van der Waals surface area (Å²) >= 11 is 0. The van der Waals surface area contributed by atoms with Crippen molar-refractivity contribution in [1.29, 1.82) is 0 Å². The van der Waals surface area contributed by atoms with Crippen LogP contribution >= 0.6 is 0 Å². The first-order valence-electron chi connectivity index (χ1n) is 11.8. The first kappa shape index (κ1) is 24.6. The Hall–Kier alpha value is -3.53. The molecule has 10 heteroatoms. The fourth-order valence-corrected chi connectivity index (χ4v) is 4.13. The molecular weight excluding hydrogens is 448 g/mol. The average molecular weight is 481 g/mol. The highest BCUT2D eigenvalue weighted by Crippen LogP contribution is 2.31. The van der Waals surface area contributed by atoms with Gasteiger partial charge in [-0.05, 0) is 38.6 Å². The van der Waals surface area contributed by atoms with Crippen molar-refractivity contribution in [2.24, 2.45) is 5.41 Å². The number of anilines is 1. The number of aromatic nitrogens is 2. The molecule has 0 unspecified atom stereocenters. The first-order valence-corrected chi connectivity index (χ1v) is 11.8. The van der Waals surface area contributed by atoms with Gasteiger partial charge in [-0.2, -0.15) is 0 Å². The number of ether oxygens (including phenoxy) is 1. The van der Waals surface area contributed by atoms with Crippen molar-refractivity contribution in [3.05, 3.63) is 41.9 Å². The van der Waals surface area contributed by atoms with Gasteiger partial charge in [0.05, 0.1) is 17.8 Å². The number of nitrogens with one attached hydrogen (secondary N) is 1. The third-order valence-corrected chi connectivity index (χ3v) is 6.51. The summed E-state index contributed by atoms with van der Waals surface area (Å²) in [5, 5.41) is 2.69. The van der Waals surface area contributed by atoms with Gasteiger partial charge in [0.2, 0.25) is 11.8 Å². The molecule has 0 radical (unpaired) electrons. The summed E-state index contributed by atoms with van der Waals surface area (Å²) in [5.74, 6) is 1.27. The van der Waals surface area contributed by atoms with Gasteiger partial charge in [-0.15, -0.1) is 0 Å². The van der Waals surface area contributed by atoms with Crippen LogP contribution in [0.3, 0.4) is 0 Å². The minimum atomic E-state index is -0.531. The smallest absolute Gasteiger partial charge is 0.329 e. The van der Waals surface area contributed by atoms with Crippen LogP contribution in [0.4, 0.5) is 10.6 Å². The number of carbonyl (C=O) groups is 3. The van der Waals surface area contributed by atoms with Crippen LogP contribution in [0.1, 0.15) is 31.7 Å². The van der Waals surface area contributed by atoms with Crippen LogP contribution in [0.25, 0.3) is 0 Å². The molecule has 0 aliphatic carbocycles. The Morgan fingerprint density at radius 2 is 1.86 bits per heavy atom. The second-order valence-corrected chi connectivity index (χ2v) is 9.75. The lowest BCUT2D eigenvalue weighted by Crippen LogP contribution is -2.47. The van der Waals surface area contributed by atoms with Crippen molar-refractivity contribution in [2.75, 3.05) is 45.1 Å². The molecule has 2 aromatic heterocycles. The van der Waals surface area contributed by atoms with Crippen LogP contribution in [0.5, 0.6) is 11.5 Å². The van der Waals surface area contributed by atoms with Gasteiger partial charge in [0.1, 0.15) is 17.3 Å². The molecule has 0 bridgehead atoms. The molecule has 2 aliphatic heterocycles. The Balaban J connectivity index is 1.37. The molecule has 2 saturated heterocycles. The molecule has 0 spiro atoms. The summed E-state index contributed by atoms with van der Waals surface area (Å²) in [6, 6.07) is 6.34. The number of likely N-dealkylation sites (N-methyl/N-ethyl adjacent to an activating group) is 1. The average Bonchev–Trinajstić information content (AvgIpc) is 3.09. The van der Waals surface area contributed by atoms with Gasteiger partial charge in [-0.3, -0.25) is 24.8 Å². The van der Waals surface area contributed by atoms with Crippen molar-refractivity contribution in [1.82, 2.24) is 24.7 Å². The van der Waals surface area contributed by atoms with Gasteiger partial charge in [0.15, 0.2) is 0 Å². The zero-order valence-electron chi connectivity index (χ0n) is 20.7. The standard InChI is InChI=1S/C25H32N6O4/c1-17-20(5-6-21(27-17)28-24(34)31-10-8-25(2,3)23(31)33)35-19-7-9-26-18(15-19)16-22(32)30-13-11-29(4)12-14-30/h5-7,9,15H,8,10-14,16H2,1-4H3,(H,27,28,34). The molecule has 0 atom stereocenters. The largest absolute Gasteiger partial charge is 0.455 e. The second kappa shape index (κ2) is 9.99. The molecule has 10 nitrogen and oxygen atoms in total. The summed E-state index contributed by atoms with van der Waals surface area (Å²) in [6.45, 7) is 9.03. The van der Waals surface area contributed by atoms with Crippen molar-refractivity contribution in [3.8, 4) is 11.5 Å². The summed E-state index contributed by atoms with van der Waals surface area (Å²) in [5.41, 5.74) is 0.679. The molecular formula is C25H32N6O4. The fraction of sp³-hybridized carbons (Fsp3) is 0.480. The van der Waals surface area contributed by atoms with E-state index in [2.05, 4.69) is 27.2 Å². The number of hydrogen-bond acceptors (Lipinski definition) is 7. The van der Waals surface area contributed by atoms with Crippen LogP contribution in [0.15, 0.2) is 30.5 Å². The fourth-order valence-electron chi connectivity index (χ4n) is 4.13. The number of pyridine rings is 2. The highest BCUT2D eigenvalue weighted by molar-refractivity contribution is 6.03. The Bertz CT molecular complexity index is 1130. The SMILES string of the molecule is Cc1nc(NC(=O)N2CCC(C)(C)C2=O)ccc1Oc1ccnc(CC(=O)N2CCN(C)CC2)c1. The van der Waals surface area contributed by atoms with Crippen molar-refractivity contribution < 1.29 is 19.1 Å². The van der Waals surface area contributed by atoms with E-state index in [4.69, 9.17) is 4.74 Å². The lowest BCUT2D eigenvalue weighted by Gasteiger charge is -2.32. The van der Waals surface area contributed by atoms with Crippen LogP contribution in [0.2, 0.25) is 0 Å². The number of hydrogen-bond donors (Lipinski definition) is 1. The van der Waals surface area contributed by atoms with Crippen LogP contribution in [-0.4, -0.2) is 82.3 Å². The first-order chi connectivity index (χ1) is 16.6. The van der Waals surface area contributed by atoms with E-state index in [1.54, 1.807) is 37.4 Å². The van der Waals surface area contributed by atoms with Gasteiger partial charge in [0, 0.05) is 50.4 Å². The van der Waals surface area contributed by atoms with Gasteiger partial charge < -0.3 is 14.5 Å². The van der Waals surface area contributed by atoms with Crippen LogP contribution < -0.4 is 10.1 Å². The van der Waals surface area contributed by atoms with Crippen molar-refractivity contribution >= 4 is 23.7 Å². The molecule has 4 amide bonds. The molecule has 2 aromatic rings. The highest BCUT2D eigenvalue weighted by atomic mass is 16.5. The quantitative estimate of drug-likeness (QED) is 0.701. The van der Waals surface area contributed by atoms with E-state index in [-0.39, 0.29) is 18.2 Å². The van der Waals surface area contributed by atoms with E-state index in [0.717, 1.165) is 26.2 Å². The Morgan fingerprint density at radius 3 is 2.51 bits per heavy atom. The van der Waals surface area contributed by atoms with Crippen molar-refractivity contribution in [2.45, 2.75) is 33.6 Å². The van der Waals surface area contributed by atoms with Crippen molar-refractivity contribution in [3.63, 3.8) is 0 Å². The number of urea groups is 1. The predicted octanol–water partition coefficient (Wildman–Crippen LogP) is 2.68. The van der Waals surface area contributed by atoms with E-state index >= 15 is 0 Å². The maximum atomic E-state index is 12.6. The third-order valence-electron chi connectivity index (χ3n) is 6.51. The molecule has 1 N–H and O–H groups in total. The van der Waals surface area contributed by atoms with E-state index in [0.29, 0.717) is 41.7 Å². The maximum absolute atomic E-state index is 12.6. The number of aryl methyl sites for hydroxylation is 1. The van der Waals surface area contributed by atoms with E-state index < -0.39 is 11.4 Å². The zero-order chi connectivity index (χ0) is 25.2. The number of carbonyl (C=O) groups excluding carboxylic acids is 3. The number of amides is 4. The molecule has 35 heavy (non-hydrogen) atoms. The molecule has 0 saturated carbocycles. The number of imide groups is 1. The Kier molecular flexibility index (Phi) is 7.02. The third kappa shape index (κ3) is 5.76. The number of likely N-dealkylation sites (tertiary alicyclic amines) is 1. The molecule has 4 rings (SSSR count). The zero-order valence-corrected chi connectivity index (χ0v) is 20.7. The predicted molar refractivity (Wildman–Crippen MR) is 130 cm³/mol. The molecule has 2 fully saturated rings. The minimum Gasteiger partial charge on any atom is -0.455 e. The lowest BCUT2D eigenvalue weighted by molar-refractivity contribution is -0.132. The molecule has 2 aliphatic rings. The summed E-state index contributed by atoms with van der Waals surface area (Å²) in [4.78, 5) is 51.6. The minimum absolute atomic E-state index is 0.0561. The number of rotatable bonds is 5. The normalized spacial score (nSPS) is 18.0.